The molecule has 1 aromatic carbocycles. The van der Waals surface area contributed by atoms with Gasteiger partial charge < -0.3 is 30.2 Å². The van der Waals surface area contributed by atoms with Gasteiger partial charge in [-0.2, -0.15) is 0 Å². The Labute approximate surface area is 232 Å². The summed E-state index contributed by atoms with van der Waals surface area (Å²) in [5.41, 5.74) is 3.93. The zero-order chi connectivity index (χ0) is 27.6. The number of hydrogen-bond donors (Lipinski definition) is 3. The maximum atomic E-state index is 13.1. The van der Waals surface area contributed by atoms with Crippen molar-refractivity contribution in [1.82, 2.24) is 25.2 Å². The average molecular weight is 544 g/mol. The molecular weight excluding hydrogens is 510 g/mol. The number of aromatic nitrogens is 3. The lowest BCUT2D eigenvalue weighted by atomic mass is 9.91. The number of methoxy groups -OCH3 is 1. The Morgan fingerprint density at radius 1 is 1.02 bits per heavy atom. The Kier molecular flexibility index (Phi) is 7.10. The zero-order valence-corrected chi connectivity index (χ0v) is 22.5. The summed E-state index contributed by atoms with van der Waals surface area (Å²) in [5, 5.41) is 6.15. The maximum Gasteiger partial charge on any atom is 0.322 e. The monoisotopic (exact) mass is 543 g/mol. The maximum absolute atomic E-state index is 13.1. The van der Waals surface area contributed by atoms with E-state index in [0.717, 1.165) is 79.9 Å². The first-order valence-electron chi connectivity index (χ1n) is 13.8. The number of urea groups is 1. The minimum absolute atomic E-state index is 0.0725. The van der Waals surface area contributed by atoms with Crippen LogP contribution in [0.1, 0.15) is 59.0 Å². The molecule has 2 aromatic heterocycles. The third-order valence-electron chi connectivity index (χ3n) is 8.19. The van der Waals surface area contributed by atoms with Crippen LogP contribution in [0.5, 0.6) is 5.75 Å². The first kappa shape index (κ1) is 25.8. The number of amides is 3. The van der Waals surface area contributed by atoms with Crippen LogP contribution in [0.4, 0.5) is 16.3 Å². The van der Waals surface area contributed by atoms with E-state index in [1.807, 2.05) is 23.1 Å². The van der Waals surface area contributed by atoms with Gasteiger partial charge in [0.15, 0.2) is 0 Å². The number of H-pyrrole nitrogens is 1. The van der Waals surface area contributed by atoms with Gasteiger partial charge in [-0.05, 0) is 73.9 Å². The minimum atomic E-state index is -0.264. The molecule has 1 fully saturated rings. The Morgan fingerprint density at radius 3 is 2.70 bits per heavy atom. The molecule has 6 rings (SSSR count). The molecule has 1 atom stereocenters. The number of aryl methyl sites for hydroxylation is 1. The van der Waals surface area contributed by atoms with Crippen molar-refractivity contribution in [1.29, 1.82) is 0 Å². The molecule has 208 valence electrons. The van der Waals surface area contributed by atoms with Gasteiger partial charge in [-0.3, -0.25) is 9.59 Å². The molecule has 3 aliphatic rings. The van der Waals surface area contributed by atoms with Crippen LogP contribution in [-0.2, 0) is 12.8 Å². The van der Waals surface area contributed by atoms with Gasteiger partial charge in [-0.1, -0.05) is 0 Å². The van der Waals surface area contributed by atoms with Crippen LogP contribution in [0.25, 0.3) is 0 Å². The number of aromatic amines is 1. The van der Waals surface area contributed by atoms with Gasteiger partial charge in [0, 0.05) is 49.2 Å². The highest BCUT2D eigenvalue weighted by atomic mass is 16.5. The number of carbonyl (C=O) groups is 2. The number of pyridine rings is 1. The van der Waals surface area contributed by atoms with Crippen LogP contribution in [0, 0.1) is 0 Å². The summed E-state index contributed by atoms with van der Waals surface area (Å²) < 4.78 is 5.35. The van der Waals surface area contributed by atoms with Crippen molar-refractivity contribution in [2.45, 2.75) is 50.6 Å². The molecule has 1 aliphatic carbocycles. The molecule has 3 aromatic rings. The van der Waals surface area contributed by atoms with Crippen LogP contribution in [0.15, 0.2) is 47.5 Å². The van der Waals surface area contributed by atoms with Crippen LogP contribution < -0.4 is 25.8 Å². The van der Waals surface area contributed by atoms with Crippen LogP contribution >= 0.6 is 0 Å². The number of ether oxygens (including phenoxy) is 1. The van der Waals surface area contributed by atoms with Crippen LogP contribution in [-0.4, -0.2) is 64.6 Å². The van der Waals surface area contributed by atoms with Gasteiger partial charge in [-0.25, -0.2) is 14.8 Å². The predicted molar refractivity (Wildman–Crippen MR) is 150 cm³/mol. The zero-order valence-electron chi connectivity index (χ0n) is 22.5. The largest absolute Gasteiger partial charge is 0.497 e. The molecule has 3 N–H and O–H groups in total. The summed E-state index contributed by atoms with van der Waals surface area (Å²) in [4.78, 5) is 53.5. The van der Waals surface area contributed by atoms with Crippen molar-refractivity contribution in [3.63, 3.8) is 0 Å². The SMILES string of the molecule is COc1ccc2c(c1)CCN(C1CCN(c3cc(C(=O)NC4CCCc5[nH]c(=O)ccc54)ncn3)CC1)C(=O)N2. The number of nitrogens with zero attached hydrogens (tertiary/aromatic N) is 4. The van der Waals surface area contributed by atoms with E-state index in [9.17, 15) is 14.4 Å². The number of fused-ring (bicyclic) bond motifs is 2. The van der Waals surface area contributed by atoms with Crippen molar-refractivity contribution in [3.05, 3.63) is 75.6 Å². The highest BCUT2D eigenvalue weighted by Gasteiger charge is 2.31. The molecule has 4 heterocycles. The third-order valence-corrected chi connectivity index (χ3v) is 8.19. The third kappa shape index (κ3) is 5.23. The smallest absolute Gasteiger partial charge is 0.322 e. The molecule has 1 unspecified atom stereocenters. The highest BCUT2D eigenvalue weighted by Crippen LogP contribution is 2.30. The molecule has 11 heteroatoms. The van der Waals surface area contributed by atoms with Gasteiger partial charge in [0.1, 0.15) is 23.6 Å². The molecule has 40 heavy (non-hydrogen) atoms. The molecule has 0 saturated carbocycles. The topological polar surface area (TPSA) is 133 Å². The summed E-state index contributed by atoms with van der Waals surface area (Å²) in [6, 6.07) is 10.7. The Bertz CT molecular complexity index is 1480. The van der Waals surface area contributed by atoms with E-state index in [2.05, 4.69) is 30.5 Å². The molecule has 0 radical (unpaired) electrons. The van der Waals surface area contributed by atoms with Gasteiger partial charge in [-0.15, -0.1) is 0 Å². The summed E-state index contributed by atoms with van der Waals surface area (Å²) in [6.07, 6.45) is 6.28. The summed E-state index contributed by atoms with van der Waals surface area (Å²) in [7, 11) is 1.64. The number of hydrogen-bond acceptors (Lipinski definition) is 7. The quantitative estimate of drug-likeness (QED) is 0.451. The molecule has 3 amide bonds. The van der Waals surface area contributed by atoms with Gasteiger partial charge in [0.05, 0.1) is 13.2 Å². The lowest BCUT2D eigenvalue weighted by Gasteiger charge is -2.38. The van der Waals surface area contributed by atoms with Crippen LogP contribution in [0.2, 0.25) is 0 Å². The first-order chi connectivity index (χ1) is 19.5. The molecule has 0 spiro atoms. The van der Waals surface area contributed by atoms with Gasteiger partial charge in [0.25, 0.3) is 5.91 Å². The number of piperidine rings is 1. The Balaban J connectivity index is 1.08. The number of carbonyl (C=O) groups excluding carboxylic acids is 2. The fraction of sp³-hybridized carbons (Fsp3) is 0.414. The summed E-state index contributed by atoms with van der Waals surface area (Å²) >= 11 is 0. The van der Waals surface area contributed by atoms with E-state index in [1.165, 1.54) is 12.4 Å². The van der Waals surface area contributed by atoms with Crippen LogP contribution in [0.3, 0.4) is 0 Å². The lowest BCUT2D eigenvalue weighted by molar-refractivity contribution is 0.0927. The number of benzene rings is 1. The number of rotatable bonds is 5. The van der Waals surface area contributed by atoms with Gasteiger partial charge >= 0.3 is 6.03 Å². The van der Waals surface area contributed by atoms with E-state index in [4.69, 9.17) is 4.74 Å². The Hall–Kier alpha value is -4.41. The lowest BCUT2D eigenvalue weighted by Crippen LogP contribution is -2.49. The molecule has 2 aliphatic heterocycles. The number of anilines is 2. The highest BCUT2D eigenvalue weighted by molar-refractivity contribution is 5.93. The van der Waals surface area contributed by atoms with E-state index in [0.29, 0.717) is 18.1 Å². The fourth-order valence-electron chi connectivity index (χ4n) is 6.04. The van der Waals surface area contributed by atoms with E-state index < -0.39 is 0 Å². The van der Waals surface area contributed by atoms with Crippen molar-refractivity contribution >= 4 is 23.4 Å². The first-order valence-corrected chi connectivity index (χ1v) is 13.8. The van der Waals surface area contributed by atoms with Gasteiger partial charge in [0.2, 0.25) is 5.56 Å². The molecule has 0 bridgehead atoms. The average Bonchev–Trinajstić information content (AvgIpc) is 3.14. The van der Waals surface area contributed by atoms with Crippen molar-refractivity contribution in [2.75, 3.05) is 37.0 Å². The van der Waals surface area contributed by atoms with Crippen molar-refractivity contribution < 1.29 is 14.3 Å². The fourth-order valence-corrected chi connectivity index (χ4v) is 6.04. The molecule has 1 saturated heterocycles. The second-order valence-corrected chi connectivity index (χ2v) is 10.6. The predicted octanol–water partition coefficient (Wildman–Crippen LogP) is 3.04. The molecular formula is C29H33N7O4. The van der Waals surface area contributed by atoms with Crippen molar-refractivity contribution in [2.24, 2.45) is 0 Å². The van der Waals surface area contributed by atoms with E-state index >= 15 is 0 Å². The molecule has 11 nitrogen and oxygen atoms in total. The standard InChI is InChI=1S/C29H33N7O4/c1-40-20-5-7-22-18(15-20)9-14-36(29(39)34-22)19-10-12-35(13-11-19)26-16-25(30-17-31-26)28(38)33-24-4-2-3-23-21(24)6-8-27(37)32-23/h5-8,15-17,19,24H,2-4,9-14H2,1H3,(H,32,37)(H,33,38)(H,34,39). The van der Waals surface area contributed by atoms with E-state index in [-0.39, 0.29) is 29.6 Å². The van der Waals surface area contributed by atoms with E-state index in [1.54, 1.807) is 19.2 Å². The summed E-state index contributed by atoms with van der Waals surface area (Å²) in [5.74, 6) is 1.22. The Morgan fingerprint density at radius 2 is 1.88 bits per heavy atom. The number of nitrogens with one attached hydrogen (secondary N) is 3. The second kappa shape index (κ2) is 11.0. The summed E-state index contributed by atoms with van der Waals surface area (Å²) in [6.45, 7) is 2.08. The normalized spacial score (nSPS) is 19.2. The van der Waals surface area contributed by atoms with Crippen molar-refractivity contribution in [3.8, 4) is 5.75 Å². The minimum Gasteiger partial charge on any atom is -0.497 e. The second-order valence-electron chi connectivity index (χ2n) is 10.6.